The van der Waals surface area contributed by atoms with Crippen LogP contribution in [0.15, 0.2) is 54.6 Å². The van der Waals surface area contributed by atoms with Crippen molar-refractivity contribution in [2.45, 2.75) is 33.4 Å². The first-order valence-electron chi connectivity index (χ1n) is 8.30. The number of carbonyl (C=O) groups excluding carboxylic acids is 2. The molecule has 0 fully saturated rings. The fourth-order valence-electron chi connectivity index (χ4n) is 2.35. The molecule has 2 aromatic rings. The van der Waals surface area contributed by atoms with E-state index in [1.54, 1.807) is 24.3 Å². The number of anilines is 1. The number of hydrogen-bond acceptors (Lipinski definition) is 3. The van der Waals surface area contributed by atoms with Crippen LogP contribution in [0.5, 0.6) is 5.75 Å². The second kappa shape index (κ2) is 8.87. The molecule has 0 aliphatic heterocycles. The molecule has 2 N–H and O–H groups in total. The smallest absolute Gasteiger partial charge is 0.247 e. The Balaban J connectivity index is 1.92. The molecule has 1 unspecified atom stereocenters. The van der Waals surface area contributed by atoms with Gasteiger partial charge in [-0.3, -0.25) is 9.59 Å². The Morgan fingerprint density at radius 3 is 2.20 bits per heavy atom. The Morgan fingerprint density at radius 1 is 1.00 bits per heavy atom. The molecule has 0 aromatic heterocycles. The Morgan fingerprint density at radius 2 is 1.64 bits per heavy atom. The van der Waals surface area contributed by atoms with Gasteiger partial charge in [-0.1, -0.05) is 44.2 Å². The maximum absolute atomic E-state index is 12.3. The predicted octanol–water partition coefficient (Wildman–Crippen LogP) is 3.36. The van der Waals surface area contributed by atoms with Crippen LogP contribution >= 0.6 is 0 Å². The first kappa shape index (κ1) is 18.5. The van der Waals surface area contributed by atoms with Crippen LogP contribution in [0.1, 0.15) is 26.3 Å². The van der Waals surface area contributed by atoms with E-state index < -0.39 is 6.04 Å². The van der Waals surface area contributed by atoms with E-state index in [0.29, 0.717) is 12.3 Å². The summed E-state index contributed by atoms with van der Waals surface area (Å²) in [6.07, 6.45) is 0. The third kappa shape index (κ3) is 5.95. The maximum atomic E-state index is 12.3. The molecule has 5 heteroatoms. The second-order valence-electron chi connectivity index (χ2n) is 6.21. The number of amides is 2. The zero-order valence-corrected chi connectivity index (χ0v) is 14.8. The van der Waals surface area contributed by atoms with E-state index in [0.717, 1.165) is 11.3 Å². The second-order valence-corrected chi connectivity index (χ2v) is 6.21. The van der Waals surface area contributed by atoms with Gasteiger partial charge < -0.3 is 15.4 Å². The molecule has 0 aliphatic rings. The number of nitrogens with one attached hydrogen (secondary N) is 2. The molecule has 0 saturated heterocycles. The van der Waals surface area contributed by atoms with Crippen molar-refractivity contribution in [3.05, 3.63) is 60.2 Å². The van der Waals surface area contributed by atoms with E-state index in [2.05, 4.69) is 10.6 Å². The Bertz CT molecular complexity index is 697. The molecule has 0 aliphatic carbocycles. The third-order valence-corrected chi connectivity index (χ3v) is 3.68. The predicted molar refractivity (Wildman–Crippen MR) is 98.3 cm³/mol. The molecule has 132 valence electrons. The molecule has 0 bridgehead atoms. The van der Waals surface area contributed by atoms with Crippen LogP contribution in [-0.2, 0) is 16.2 Å². The van der Waals surface area contributed by atoms with Crippen molar-refractivity contribution in [2.75, 3.05) is 5.32 Å². The molecule has 0 saturated carbocycles. The zero-order chi connectivity index (χ0) is 18.2. The van der Waals surface area contributed by atoms with Gasteiger partial charge in [0.25, 0.3) is 0 Å². The van der Waals surface area contributed by atoms with Crippen molar-refractivity contribution < 1.29 is 14.3 Å². The van der Waals surface area contributed by atoms with Crippen molar-refractivity contribution in [1.82, 2.24) is 5.32 Å². The van der Waals surface area contributed by atoms with Gasteiger partial charge >= 0.3 is 0 Å². The van der Waals surface area contributed by atoms with E-state index in [4.69, 9.17) is 4.74 Å². The van der Waals surface area contributed by atoms with Gasteiger partial charge in [-0.15, -0.1) is 0 Å². The highest BCUT2D eigenvalue weighted by molar-refractivity contribution is 5.97. The molecule has 2 amide bonds. The topological polar surface area (TPSA) is 67.4 Å². The number of ether oxygens (including phenoxy) is 1. The summed E-state index contributed by atoms with van der Waals surface area (Å²) < 4.78 is 5.72. The molecule has 0 radical (unpaired) electrons. The Hall–Kier alpha value is -2.82. The summed E-state index contributed by atoms with van der Waals surface area (Å²) in [6, 6.07) is 16.5. The Kier molecular flexibility index (Phi) is 6.57. The van der Waals surface area contributed by atoms with E-state index in [-0.39, 0.29) is 17.7 Å². The molecular formula is C20H24N2O3. The van der Waals surface area contributed by atoms with Crippen LogP contribution in [0.2, 0.25) is 0 Å². The fraction of sp³-hybridized carbons (Fsp3) is 0.300. The summed E-state index contributed by atoms with van der Waals surface area (Å²) >= 11 is 0. The number of hydrogen-bond donors (Lipinski definition) is 2. The highest BCUT2D eigenvalue weighted by atomic mass is 16.5. The lowest BCUT2D eigenvalue weighted by atomic mass is 10.0. The zero-order valence-electron chi connectivity index (χ0n) is 14.8. The van der Waals surface area contributed by atoms with E-state index in [1.807, 2.05) is 44.2 Å². The molecule has 1 atom stereocenters. The molecule has 25 heavy (non-hydrogen) atoms. The molecule has 2 aromatic carbocycles. The molecule has 2 rings (SSSR count). The van der Waals surface area contributed by atoms with E-state index in [9.17, 15) is 9.59 Å². The Labute approximate surface area is 148 Å². The van der Waals surface area contributed by atoms with Crippen molar-refractivity contribution in [3.63, 3.8) is 0 Å². The first-order valence-corrected chi connectivity index (χ1v) is 8.30. The minimum Gasteiger partial charge on any atom is -0.489 e. The highest BCUT2D eigenvalue weighted by Crippen LogP contribution is 2.18. The molecule has 0 spiro atoms. The van der Waals surface area contributed by atoms with Crippen LogP contribution in [-0.4, -0.2) is 17.9 Å². The quantitative estimate of drug-likeness (QED) is 0.812. The van der Waals surface area contributed by atoms with Gasteiger partial charge in [0.05, 0.1) is 0 Å². The molecule has 5 nitrogen and oxygen atoms in total. The fourth-order valence-corrected chi connectivity index (χ4v) is 2.35. The number of rotatable bonds is 7. The lowest BCUT2D eigenvalue weighted by Crippen LogP contribution is -2.46. The van der Waals surface area contributed by atoms with Crippen LogP contribution in [0.4, 0.5) is 5.69 Å². The summed E-state index contributed by atoms with van der Waals surface area (Å²) in [5.41, 5.74) is 1.75. The number of carbonyl (C=O) groups is 2. The lowest BCUT2D eigenvalue weighted by molar-refractivity contribution is -0.126. The van der Waals surface area contributed by atoms with E-state index in [1.165, 1.54) is 6.92 Å². The average molecular weight is 340 g/mol. The van der Waals surface area contributed by atoms with Gasteiger partial charge in [-0.2, -0.15) is 0 Å². The standard InChI is InChI=1S/C20H24N2O3/c1-14(2)19(21-15(3)23)20(24)22-17-9-11-18(12-10-17)25-13-16-7-5-4-6-8-16/h4-12,14,19H,13H2,1-3H3,(H,21,23)(H,22,24). The maximum Gasteiger partial charge on any atom is 0.247 e. The minimum absolute atomic E-state index is 0.00243. The van der Waals surface area contributed by atoms with Gasteiger partial charge in [0.2, 0.25) is 11.8 Å². The van der Waals surface area contributed by atoms with Crippen molar-refractivity contribution >= 4 is 17.5 Å². The first-order chi connectivity index (χ1) is 12.0. The molecule has 0 heterocycles. The summed E-state index contributed by atoms with van der Waals surface area (Å²) in [5.74, 6) is 0.267. The van der Waals surface area contributed by atoms with Crippen molar-refractivity contribution in [1.29, 1.82) is 0 Å². The average Bonchev–Trinajstić information content (AvgIpc) is 2.59. The van der Waals surface area contributed by atoms with Crippen LogP contribution in [0, 0.1) is 5.92 Å². The SMILES string of the molecule is CC(=O)NC(C(=O)Nc1ccc(OCc2ccccc2)cc1)C(C)C. The summed E-state index contributed by atoms with van der Waals surface area (Å²) in [5, 5.41) is 5.49. The van der Waals surface area contributed by atoms with Crippen molar-refractivity contribution in [2.24, 2.45) is 5.92 Å². The normalized spacial score (nSPS) is 11.7. The highest BCUT2D eigenvalue weighted by Gasteiger charge is 2.22. The van der Waals surface area contributed by atoms with Gasteiger partial charge in [0.1, 0.15) is 18.4 Å². The van der Waals surface area contributed by atoms with Gasteiger partial charge in [-0.25, -0.2) is 0 Å². The summed E-state index contributed by atoms with van der Waals surface area (Å²) in [4.78, 5) is 23.6. The third-order valence-electron chi connectivity index (χ3n) is 3.68. The number of benzene rings is 2. The van der Waals surface area contributed by atoms with Gasteiger partial charge in [-0.05, 0) is 35.7 Å². The van der Waals surface area contributed by atoms with Gasteiger partial charge in [0.15, 0.2) is 0 Å². The van der Waals surface area contributed by atoms with Gasteiger partial charge in [0, 0.05) is 12.6 Å². The van der Waals surface area contributed by atoms with E-state index >= 15 is 0 Å². The summed E-state index contributed by atoms with van der Waals surface area (Å²) in [7, 11) is 0. The van der Waals surface area contributed by atoms with Crippen LogP contribution < -0.4 is 15.4 Å². The minimum atomic E-state index is -0.563. The van der Waals surface area contributed by atoms with Crippen LogP contribution in [0.25, 0.3) is 0 Å². The van der Waals surface area contributed by atoms with Crippen molar-refractivity contribution in [3.8, 4) is 5.75 Å². The largest absolute Gasteiger partial charge is 0.489 e. The monoisotopic (exact) mass is 340 g/mol. The lowest BCUT2D eigenvalue weighted by Gasteiger charge is -2.21. The summed E-state index contributed by atoms with van der Waals surface area (Å²) in [6.45, 7) is 5.67. The van der Waals surface area contributed by atoms with Crippen LogP contribution in [0.3, 0.4) is 0 Å². The molecular weight excluding hydrogens is 316 g/mol.